The number of ether oxygens (including phenoxy) is 1. The highest BCUT2D eigenvalue weighted by atomic mass is 79.9. The molecule has 1 N–H and O–H groups in total. The fourth-order valence-electron chi connectivity index (χ4n) is 2.73. The van der Waals surface area contributed by atoms with Crippen LogP contribution in [-0.4, -0.2) is 24.1 Å². The van der Waals surface area contributed by atoms with Crippen LogP contribution in [0.3, 0.4) is 0 Å². The molecular weight excluding hydrogens is 364 g/mol. The van der Waals surface area contributed by atoms with Gasteiger partial charge in [-0.1, -0.05) is 6.07 Å². The minimum atomic E-state index is -0.0314. The summed E-state index contributed by atoms with van der Waals surface area (Å²) in [6.45, 7) is 1.50. The third-order valence-corrected chi connectivity index (χ3v) is 5.55. The number of carbonyl (C=O) groups excluding carboxylic acids is 1. The van der Waals surface area contributed by atoms with Gasteiger partial charge in [0.05, 0.1) is 10.9 Å². The predicted octanol–water partition coefficient (Wildman–Crippen LogP) is 3.80. The number of hydrogen-bond donors (Lipinski definition) is 1. The number of carbonyl (C=O) groups is 1. The van der Waals surface area contributed by atoms with E-state index in [1.54, 1.807) is 6.20 Å². The average Bonchev–Trinajstić information content (AvgIpc) is 3.01. The zero-order valence-corrected chi connectivity index (χ0v) is 14.4. The van der Waals surface area contributed by atoms with Gasteiger partial charge in [0.2, 0.25) is 0 Å². The molecule has 1 aliphatic heterocycles. The van der Waals surface area contributed by atoms with Crippen molar-refractivity contribution in [2.45, 2.75) is 18.9 Å². The van der Waals surface area contributed by atoms with Crippen LogP contribution in [0.4, 0.5) is 0 Å². The molecule has 22 heavy (non-hydrogen) atoms. The Kier molecular flexibility index (Phi) is 5.23. The van der Waals surface area contributed by atoms with Crippen LogP contribution in [0.15, 0.2) is 40.4 Å². The maximum Gasteiger partial charge on any atom is 0.261 e. The minimum absolute atomic E-state index is 0.0222. The Hall–Kier alpha value is -1.24. The lowest BCUT2D eigenvalue weighted by Gasteiger charge is -2.31. The van der Waals surface area contributed by atoms with Gasteiger partial charge in [-0.15, -0.1) is 11.3 Å². The van der Waals surface area contributed by atoms with Gasteiger partial charge in [-0.25, -0.2) is 0 Å². The molecule has 116 valence electrons. The second-order valence-electron chi connectivity index (χ2n) is 5.32. The monoisotopic (exact) mass is 380 g/mol. The summed E-state index contributed by atoms with van der Waals surface area (Å²) in [5, 5.41) is 5.11. The fraction of sp³-hybridized carbons (Fsp3) is 0.375. The van der Waals surface area contributed by atoms with Crippen LogP contribution < -0.4 is 5.32 Å². The van der Waals surface area contributed by atoms with E-state index in [0.29, 0.717) is 10.8 Å². The number of amides is 1. The van der Waals surface area contributed by atoms with Crippen LogP contribution in [0.1, 0.15) is 34.1 Å². The molecule has 0 unspecified atom stereocenters. The standard InChI is InChI=1S/C16H17BrN2O2S/c17-13-8-14(22-10-13)16(20)19-15(11-3-6-21-7-4-11)12-2-1-5-18-9-12/h1-2,5,8-11,15H,3-4,6-7H2,(H,19,20)/t15-/m1/s1. The summed E-state index contributed by atoms with van der Waals surface area (Å²) in [6, 6.07) is 5.77. The summed E-state index contributed by atoms with van der Waals surface area (Å²) in [5.74, 6) is 0.348. The van der Waals surface area contributed by atoms with Gasteiger partial charge < -0.3 is 10.1 Å². The van der Waals surface area contributed by atoms with Gasteiger partial charge in [0, 0.05) is 35.5 Å². The Bertz CT molecular complexity index is 626. The SMILES string of the molecule is O=C(N[C@@H](c1cccnc1)C1CCOCC1)c1cc(Br)cs1. The van der Waals surface area contributed by atoms with Crippen LogP contribution in [0.2, 0.25) is 0 Å². The number of nitrogens with zero attached hydrogens (tertiary/aromatic N) is 1. The molecule has 0 aromatic carbocycles. The molecule has 3 rings (SSSR count). The molecule has 1 amide bonds. The molecule has 3 heterocycles. The maximum atomic E-state index is 12.5. The number of pyridine rings is 1. The van der Waals surface area contributed by atoms with Gasteiger partial charge in [0.1, 0.15) is 0 Å². The topological polar surface area (TPSA) is 51.2 Å². The molecule has 1 atom stereocenters. The molecule has 0 radical (unpaired) electrons. The number of thiophene rings is 1. The quantitative estimate of drug-likeness (QED) is 0.877. The first kappa shape index (κ1) is 15.6. The van der Waals surface area contributed by atoms with Crippen LogP contribution >= 0.6 is 27.3 Å². The van der Waals surface area contributed by atoms with Crippen molar-refractivity contribution in [1.82, 2.24) is 10.3 Å². The van der Waals surface area contributed by atoms with Crippen molar-refractivity contribution in [3.8, 4) is 0 Å². The van der Waals surface area contributed by atoms with E-state index in [-0.39, 0.29) is 11.9 Å². The van der Waals surface area contributed by atoms with Crippen molar-refractivity contribution < 1.29 is 9.53 Å². The average molecular weight is 381 g/mol. The zero-order valence-electron chi connectivity index (χ0n) is 12.0. The van der Waals surface area contributed by atoms with E-state index >= 15 is 0 Å². The normalized spacial score (nSPS) is 17.1. The van der Waals surface area contributed by atoms with E-state index in [1.165, 1.54) is 11.3 Å². The van der Waals surface area contributed by atoms with Crippen LogP contribution in [0.25, 0.3) is 0 Å². The number of rotatable bonds is 4. The van der Waals surface area contributed by atoms with Crippen LogP contribution in [0, 0.1) is 5.92 Å². The van der Waals surface area contributed by atoms with Gasteiger partial charge in [0.25, 0.3) is 5.91 Å². The number of aromatic nitrogens is 1. The third kappa shape index (κ3) is 3.74. The number of hydrogen-bond acceptors (Lipinski definition) is 4. The molecule has 1 fully saturated rings. The predicted molar refractivity (Wildman–Crippen MR) is 90.0 cm³/mol. The Morgan fingerprint density at radius 3 is 2.91 bits per heavy atom. The van der Waals surface area contributed by atoms with Gasteiger partial charge in [-0.05, 0) is 52.4 Å². The van der Waals surface area contributed by atoms with Crippen molar-refractivity contribution in [1.29, 1.82) is 0 Å². The second-order valence-corrected chi connectivity index (χ2v) is 7.14. The molecular formula is C16H17BrN2O2S. The van der Waals surface area contributed by atoms with E-state index in [0.717, 1.165) is 36.1 Å². The highest BCUT2D eigenvalue weighted by Crippen LogP contribution is 2.30. The van der Waals surface area contributed by atoms with Gasteiger partial charge in [0.15, 0.2) is 0 Å². The first-order valence-electron chi connectivity index (χ1n) is 7.26. The van der Waals surface area contributed by atoms with E-state index < -0.39 is 0 Å². The van der Waals surface area contributed by atoms with Crippen molar-refractivity contribution in [3.05, 3.63) is 50.9 Å². The summed E-state index contributed by atoms with van der Waals surface area (Å²) in [7, 11) is 0. The fourth-order valence-corrected chi connectivity index (χ4v) is 4.06. The lowest BCUT2D eigenvalue weighted by Crippen LogP contribution is -2.35. The second kappa shape index (κ2) is 7.35. The largest absolute Gasteiger partial charge is 0.381 e. The molecule has 1 aliphatic rings. The van der Waals surface area contributed by atoms with Crippen molar-refractivity contribution in [2.75, 3.05) is 13.2 Å². The zero-order chi connectivity index (χ0) is 15.4. The summed E-state index contributed by atoms with van der Waals surface area (Å²) < 4.78 is 6.38. The summed E-state index contributed by atoms with van der Waals surface area (Å²) in [5.41, 5.74) is 1.05. The lowest BCUT2D eigenvalue weighted by atomic mass is 9.87. The van der Waals surface area contributed by atoms with Crippen molar-refractivity contribution >= 4 is 33.2 Å². The molecule has 6 heteroatoms. The smallest absolute Gasteiger partial charge is 0.261 e. The van der Waals surface area contributed by atoms with Gasteiger partial charge >= 0.3 is 0 Å². The van der Waals surface area contributed by atoms with Gasteiger partial charge in [-0.3, -0.25) is 9.78 Å². The molecule has 1 saturated heterocycles. The summed E-state index contributed by atoms with van der Waals surface area (Å²) >= 11 is 4.83. The molecule has 0 bridgehead atoms. The number of nitrogens with one attached hydrogen (secondary N) is 1. The van der Waals surface area contributed by atoms with Crippen molar-refractivity contribution in [2.24, 2.45) is 5.92 Å². The molecule has 0 aliphatic carbocycles. The Labute approximate surface area is 142 Å². The minimum Gasteiger partial charge on any atom is -0.381 e. The third-order valence-electron chi connectivity index (χ3n) is 3.86. The molecule has 2 aromatic heterocycles. The van der Waals surface area contributed by atoms with Crippen molar-refractivity contribution in [3.63, 3.8) is 0 Å². The van der Waals surface area contributed by atoms with E-state index in [4.69, 9.17) is 4.74 Å². The Morgan fingerprint density at radius 2 is 2.27 bits per heavy atom. The van der Waals surface area contributed by atoms with E-state index in [9.17, 15) is 4.79 Å². The highest BCUT2D eigenvalue weighted by molar-refractivity contribution is 9.10. The highest BCUT2D eigenvalue weighted by Gasteiger charge is 2.27. The Balaban J connectivity index is 1.80. The summed E-state index contributed by atoms with van der Waals surface area (Å²) in [6.07, 6.45) is 5.50. The molecule has 0 spiro atoms. The Morgan fingerprint density at radius 1 is 1.45 bits per heavy atom. The van der Waals surface area contributed by atoms with Crippen LogP contribution in [0.5, 0.6) is 0 Å². The molecule has 0 saturated carbocycles. The summed E-state index contributed by atoms with van der Waals surface area (Å²) in [4.78, 5) is 17.4. The lowest BCUT2D eigenvalue weighted by molar-refractivity contribution is 0.0514. The van der Waals surface area contributed by atoms with E-state index in [1.807, 2.05) is 29.8 Å². The first-order chi connectivity index (χ1) is 10.7. The van der Waals surface area contributed by atoms with E-state index in [2.05, 4.69) is 26.2 Å². The number of halogens is 1. The molecule has 4 nitrogen and oxygen atoms in total. The van der Waals surface area contributed by atoms with Gasteiger partial charge in [-0.2, -0.15) is 0 Å². The van der Waals surface area contributed by atoms with Crippen LogP contribution in [-0.2, 0) is 4.74 Å². The molecule has 2 aromatic rings. The maximum absolute atomic E-state index is 12.5. The first-order valence-corrected chi connectivity index (χ1v) is 8.94.